The number of carbonyl (C=O) groups excluding carboxylic acids is 2. The third kappa shape index (κ3) is 7.89. The van der Waals surface area contributed by atoms with Crippen LogP contribution in [0.1, 0.15) is 63.4 Å². The standard InChI is InChI=1S/C33H34N4O3.C2HF3O2/c1-40-33(39)36-26-12-9-22(10-13-26)25-18-29(35-20-25)30(17-21-5-3-2-4-6-21)37-16-15-27-28(32(37)38)14-11-24(19-34)31(27)23-7-8-23;3-2(4,5)1(6)7/h2-6,9-14,20,23,30H,7-8,15-19,34H2,1H3,(H,36,39);(H,6,7)/t30-;/m0./s1. The number of aliphatic imine (C=N–C) groups is 1. The number of methoxy groups -OCH3 is 1. The molecule has 0 aromatic heterocycles. The molecule has 3 aromatic carbocycles. The molecule has 9 nitrogen and oxygen atoms in total. The lowest BCUT2D eigenvalue weighted by Crippen LogP contribution is -2.49. The number of alkyl halides is 3. The monoisotopic (exact) mass is 648 g/mol. The van der Waals surface area contributed by atoms with E-state index in [-0.39, 0.29) is 11.9 Å². The van der Waals surface area contributed by atoms with E-state index in [0.717, 1.165) is 28.8 Å². The van der Waals surface area contributed by atoms with E-state index in [1.54, 1.807) is 0 Å². The van der Waals surface area contributed by atoms with Crippen molar-refractivity contribution in [2.75, 3.05) is 19.0 Å². The molecule has 1 aliphatic carbocycles. The number of allylic oxidation sites excluding steroid dienone is 1. The molecule has 0 unspecified atom stereocenters. The van der Waals surface area contributed by atoms with E-state index in [9.17, 15) is 22.8 Å². The summed E-state index contributed by atoms with van der Waals surface area (Å²) in [5.41, 5.74) is 15.6. The summed E-state index contributed by atoms with van der Waals surface area (Å²) >= 11 is 0. The van der Waals surface area contributed by atoms with Crippen LogP contribution < -0.4 is 11.1 Å². The molecule has 0 bridgehead atoms. The van der Waals surface area contributed by atoms with Crippen LogP contribution >= 0.6 is 0 Å². The molecule has 2 aliphatic heterocycles. The highest BCUT2D eigenvalue weighted by Crippen LogP contribution is 2.45. The summed E-state index contributed by atoms with van der Waals surface area (Å²) in [6.07, 6.45) is 0.910. The number of anilines is 1. The fourth-order valence-corrected chi connectivity index (χ4v) is 6.04. The first-order chi connectivity index (χ1) is 22.5. The van der Waals surface area contributed by atoms with Crippen LogP contribution in [-0.2, 0) is 28.9 Å². The van der Waals surface area contributed by atoms with Crippen LogP contribution in [0.3, 0.4) is 0 Å². The van der Waals surface area contributed by atoms with Crippen molar-refractivity contribution >= 4 is 34.9 Å². The number of rotatable bonds is 8. The second-order valence-corrected chi connectivity index (χ2v) is 11.5. The number of aliphatic carboxylic acids is 1. The number of fused-ring (bicyclic) bond motifs is 1. The highest BCUT2D eigenvalue weighted by atomic mass is 19.4. The number of carboxylic acid groups (broad SMARTS) is 1. The molecule has 12 heteroatoms. The summed E-state index contributed by atoms with van der Waals surface area (Å²) in [7, 11) is 1.34. The zero-order valence-corrected chi connectivity index (χ0v) is 25.7. The molecule has 47 heavy (non-hydrogen) atoms. The summed E-state index contributed by atoms with van der Waals surface area (Å²) in [5.74, 6) is -2.12. The van der Waals surface area contributed by atoms with Crippen LogP contribution in [0.5, 0.6) is 0 Å². The van der Waals surface area contributed by atoms with Crippen LogP contribution in [0, 0.1) is 0 Å². The maximum absolute atomic E-state index is 14.1. The summed E-state index contributed by atoms with van der Waals surface area (Å²) in [6.45, 7) is 1.18. The van der Waals surface area contributed by atoms with Crippen LogP contribution in [0.4, 0.5) is 23.7 Å². The summed E-state index contributed by atoms with van der Waals surface area (Å²) < 4.78 is 36.4. The van der Waals surface area contributed by atoms with Crippen molar-refractivity contribution in [3.8, 4) is 0 Å². The molecule has 4 N–H and O–H groups in total. The van der Waals surface area contributed by atoms with E-state index in [1.165, 1.54) is 42.2 Å². The van der Waals surface area contributed by atoms with Gasteiger partial charge in [0.1, 0.15) is 0 Å². The van der Waals surface area contributed by atoms with Crippen LogP contribution in [0.2, 0.25) is 0 Å². The second-order valence-electron chi connectivity index (χ2n) is 11.5. The quantitative estimate of drug-likeness (QED) is 0.261. The topological polar surface area (TPSA) is 134 Å². The van der Waals surface area contributed by atoms with Crippen molar-refractivity contribution in [1.82, 2.24) is 4.90 Å². The predicted octanol–water partition coefficient (Wildman–Crippen LogP) is 6.33. The van der Waals surface area contributed by atoms with Gasteiger partial charge in [0, 0.05) is 42.7 Å². The first-order valence-corrected chi connectivity index (χ1v) is 15.2. The van der Waals surface area contributed by atoms with E-state index in [1.807, 2.05) is 59.6 Å². The average molecular weight is 649 g/mol. The Morgan fingerprint density at radius 3 is 2.36 bits per heavy atom. The Bertz CT molecular complexity index is 1700. The average Bonchev–Trinajstić information content (AvgIpc) is 3.79. The molecule has 1 atom stereocenters. The van der Waals surface area contributed by atoms with Crippen LogP contribution in [-0.4, -0.2) is 59.6 Å². The van der Waals surface area contributed by atoms with Gasteiger partial charge in [0.15, 0.2) is 0 Å². The van der Waals surface area contributed by atoms with Gasteiger partial charge in [-0.1, -0.05) is 48.5 Å². The number of ether oxygens (including phenoxy) is 1. The number of benzene rings is 3. The second kappa shape index (κ2) is 14.2. The zero-order chi connectivity index (χ0) is 33.7. The smallest absolute Gasteiger partial charge is 0.475 e. The maximum atomic E-state index is 14.1. The fraction of sp³-hybridized carbons (Fsp3) is 0.314. The van der Waals surface area contributed by atoms with Gasteiger partial charge in [-0.3, -0.25) is 15.1 Å². The number of nitrogens with zero attached hydrogens (tertiary/aromatic N) is 2. The SMILES string of the molecule is COC(=O)Nc1ccc(C2=CN=C([C@H](Cc3ccccc3)N3CCc4c(ccc(CN)c4C4CC4)C3=O)C2)cc1.O=C(O)C(F)(F)F. The van der Waals surface area contributed by atoms with E-state index in [4.69, 9.17) is 20.6 Å². The minimum atomic E-state index is -5.08. The molecule has 1 fully saturated rings. The molecule has 0 radical (unpaired) electrons. The predicted molar refractivity (Wildman–Crippen MR) is 171 cm³/mol. The summed E-state index contributed by atoms with van der Waals surface area (Å²) in [6, 6.07) is 21.9. The van der Waals surface area contributed by atoms with Gasteiger partial charge in [-0.2, -0.15) is 13.2 Å². The minimum Gasteiger partial charge on any atom is -0.475 e. The molecule has 2 heterocycles. The van der Waals surface area contributed by atoms with Crippen LogP contribution in [0.25, 0.3) is 5.57 Å². The van der Waals surface area contributed by atoms with Gasteiger partial charge >= 0.3 is 18.2 Å². The number of carboxylic acids is 1. The first kappa shape index (κ1) is 33.4. The number of hydrogen-bond acceptors (Lipinski definition) is 6. The number of halogens is 3. The summed E-state index contributed by atoms with van der Waals surface area (Å²) in [4.78, 5) is 41.4. The van der Waals surface area contributed by atoms with Crippen molar-refractivity contribution in [2.45, 2.75) is 56.8 Å². The molecule has 2 amide bonds. The Balaban J connectivity index is 0.000000559. The van der Waals surface area contributed by atoms with Gasteiger partial charge in [-0.15, -0.1) is 0 Å². The van der Waals surface area contributed by atoms with Crippen molar-refractivity contribution in [2.24, 2.45) is 10.7 Å². The molecular weight excluding hydrogens is 613 g/mol. The number of hydrogen-bond donors (Lipinski definition) is 3. The third-order valence-electron chi connectivity index (χ3n) is 8.47. The Labute approximate surface area is 269 Å². The van der Waals surface area contributed by atoms with Crippen molar-refractivity contribution in [1.29, 1.82) is 0 Å². The van der Waals surface area contributed by atoms with Crippen molar-refractivity contribution in [3.05, 3.63) is 106 Å². The summed E-state index contributed by atoms with van der Waals surface area (Å²) in [5, 5.41) is 9.81. The van der Waals surface area contributed by atoms with Gasteiger partial charge in [0.25, 0.3) is 5.91 Å². The lowest BCUT2D eigenvalue weighted by atomic mass is 9.86. The first-order valence-electron chi connectivity index (χ1n) is 15.2. The van der Waals surface area contributed by atoms with Crippen molar-refractivity contribution < 1.29 is 37.4 Å². The highest BCUT2D eigenvalue weighted by molar-refractivity contribution is 6.06. The molecule has 1 saturated carbocycles. The van der Waals surface area contributed by atoms with Gasteiger partial charge in [0.2, 0.25) is 0 Å². The fourth-order valence-electron chi connectivity index (χ4n) is 6.04. The third-order valence-corrected chi connectivity index (χ3v) is 8.47. The molecule has 0 spiro atoms. The van der Waals surface area contributed by atoms with E-state index >= 15 is 0 Å². The number of nitrogens with two attached hydrogens (primary N) is 1. The Morgan fingerprint density at radius 1 is 1.09 bits per heavy atom. The van der Waals surface area contributed by atoms with Crippen LogP contribution in [0.15, 0.2) is 77.9 Å². The highest BCUT2D eigenvalue weighted by Gasteiger charge is 2.39. The van der Waals surface area contributed by atoms with Gasteiger partial charge in [0.05, 0.1) is 13.2 Å². The molecule has 0 saturated heterocycles. The molecule has 3 aromatic rings. The Hall–Kier alpha value is -4.97. The normalized spacial score (nSPS) is 16.3. The molecule has 3 aliphatic rings. The van der Waals surface area contributed by atoms with E-state index in [2.05, 4.69) is 28.3 Å². The number of amides is 2. The largest absolute Gasteiger partial charge is 0.490 e. The molecular formula is C35H35F3N4O5. The molecule has 6 rings (SSSR count). The zero-order valence-electron chi connectivity index (χ0n) is 25.7. The van der Waals surface area contributed by atoms with Gasteiger partial charge < -0.3 is 20.5 Å². The maximum Gasteiger partial charge on any atom is 0.490 e. The van der Waals surface area contributed by atoms with E-state index < -0.39 is 18.2 Å². The lowest BCUT2D eigenvalue weighted by Gasteiger charge is -2.37. The molecule has 246 valence electrons. The Morgan fingerprint density at radius 2 is 1.77 bits per heavy atom. The number of nitrogens with one attached hydrogen (secondary N) is 1. The van der Waals surface area contributed by atoms with Gasteiger partial charge in [-0.25, -0.2) is 9.59 Å². The van der Waals surface area contributed by atoms with Gasteiger partial charge in [-0.05, 0) is 83.2 Å². The minimum absolute atomic E-state index is 0.0852. The lowest BCUT2D eigenvalue weighted by molar-refractivity contribution is -0.192. The Kier molecular flexibility index (Phi) is 10.1. The van der Waals surface area contributed by atoms with Crippen molar-refractivity contribution in [3.63, 3.8) is 0 Å². The van der Waals surface area contributed by atoms with E-state index in [0.29, 0.717) is 37.5 Å². The number of carbonyl (C=O) groups is 3.